The van der Waals surface area contributed by atoms with E-state index < -0.39 is 0 Å². The van der Waals surface area contributed by atoms with Gasteiger partial charge in [-0.15, -0.1) is 24.0 Å². The molecule has 2 unspecified atom stereocenters. The number of nitrogens with one attached hydrogen (secondary N) is 1. The number of morpholine rings is 2. The number of aryl methyl sites for hydroxylation is 1. The van der Waals surface area contributed by atoms with Crippen LogP contribution in [0.4, 0.5) is 0 Å². The maximum Gasteiger partial charge on any atom is 0.193 e. The number of hydrogen-bond acceptors (Lipinski definition) is 5. The molecule has 142 valence electrons. The van der Waals surface area contributed by atoms with Gasteiger partial charge in [0.1, 0.15) is 6.10 Å². The van der Waals surface area contributed by atoms with Gasteiger partial charge in [-0.1, -0.05) is 0 Å². The molecule has 1 aromatic rings. The Hall–Kier alpha value is -0.910. The van der Waals surface area contributed by atoms with Crippen LogP contribution < -0.4 is 5.32 Å². The number of hydrogen-bond donors (Lipinski definition) is 1. The van der Waals surface area contributed by atoms with Crippen LogP contribution in [-0.2, 0) is 16.5 Å². The lowest BCUT2D eigenvalue weighted by molar-refractivity contribution is -0.0190. The van der Waals surface area contributed by atoms with Crippen molar-refractivity contribution in [2.24, 2.45) is 12.0 Å². The molecular weight excluding hydrogens is 435 g/mol. The standard InChI is InChI=1S/C16H28N6O2.HI/c1-17-16(18-9-14-11-20(2)4-6-23-14)22-5-7-24-15(12-22)13-8-19-21(3)10-13;/h8,10,14-15H,4-7,9,11-12H2,1-3H3,(H,17,18);1H. The average Bonchev–Trinajstić information content (AvgIpc) is 3.02. The third-order valence-corrected chi connectivity index (χ3v) is 4.50. The average molecular weight is 464 g/mol. The van der Waals surface area contributed by atoms with Crippen LogP contribution in [0.1, 0.15) is 11.7 Å². The predicted molar refractivity (Wildman–Crippen MR) is 107 cm³/mol. The lowest BCUT2D eigenvalue weighted by atomic mass is 10.1. The van der Waals surface area contributed by atoms with Crippen molar-refractivity contribution in [3.8, 4) is 0 Å². The number of halogens is 1. The normalized spacial score (nSPS) is 25.6. The van der Waals surface area contributed by atoms with E-state index in [1.165, 1.54) is 0 Å². The van der Waals surface area contributed by atoms with Gasteiger partial charge in [-0.25, -0.2) is 0 Å². The molecule has 0 radical (unpaired) electrons. The lowest BCUT2D eigenvalue weighted by Crippen LogP contribution is -2.52. The summed E-state index contributed by atoms with van der Waals surface area (Å²) in [6.07, 6.45) is 4.12. The van der Waals surface area contributed by atoms with E-state index >= 15 is 0 Å². The summed E-state index contributed by atoms with van der Waals surface area (Å²) in [6.45, 7) is 5.81. The zero-order chi connectivity index (χ0) is 16.9. The van der Waals surface area contributed by atoms with Crippen molar-refractivity contribution >= 4 is 29.9 Å². The molecule has 25 heavy (non-hydrogen) atoms. The Balaban J connectivity index is 0.00000225. The highest BCUT2D eigenvalue weighted by atomic mass is 127. The molecule has 0 bridgehead atoms. The van der Waals surface area contributed by atoms with E-state index in [1.807, 2.05) is 31.2 Å². The van der Waals surface area contributed by atoms with Crippen LogP contribution in [0.15, 0.2) is 17.4 Å². The minimum Gasteiger partial charge on any atom is -0.374 e. The van der Waals surface area contributed by atoms with Gasteiger partial charge >= 0.3 is 0 Å². The largest absolute Gasteiger partial charge is 0.374 e. The number of aliphatic imine (C=N–C) groups is 1. The van der Waals surface area contributed by atoms with Crippen molar-refractivity contribution in [2.75, 3.05) is 60.0 Å². The maximum absolute atomic E-state index is 5.90. The molecule has 0 spiro atoms. The second kappa shape index (κ2) is 9.70. The zero-order valence-corrected chi connectivity index (χ0v) is 17.6. The fourth-order valence-corrected chi connectivity index (χ4v) is 3.18. The van der Waals surface area contributed by atoms with Crippen LogP contribution in [0.5, 0.6) is 0 Å². The summed E-state index contributed by atoms with van der Waals surface area (Å²) in [5.74, 6) is 0.906. The molecule has 2 saturated heterocycles. The van der Waals surface area contributed by atoms with Gasteiger partial charge in [-0.05, 0) is 7.05 Å². The van der Waals surface area contributed by atoms with Gasteiger partial charge in [-0.2, -0.15) is 5.10 Å². The van der Waals surface area contributed by atoms with Crippen LogP contribution in [-0.4, -0.2) is 91.7 Å². The Morgan fingerprint density at radius 1 is 1.28 bits per heavy atom. The first-order chi connectivity index (χ1) is 11.7. The Morgan fingerprint density at radius 3 is 2.76 bits per heavy atom. The van der Waals surface area contributed by atoms with E-state index in [2.05, 4.69) is 32.3 Å². The van der Waals surface area contributed by atoms with E-state index in [-0.39, 0.29) is 36.2 Å². The van der Waals surface area contributed by atoms with Gasteiger partial charge < -0.3 is 24.6 Å². The Bertz CT molecular complexity index is 567. The van der Waals surface area contributed by atoms with E-state index in [0.29, 0.717) is 6.61 Å². The highest BCUT2D eigenvalue weighted by Crippen LogP contribution is 2.21. The van der Waals surface area contributed by atoms with Crippen LogP contribution in [0.25, 0.3) is 0 Å². The number of aromatic nitrogens is 2. The highest BCUT2D eigenvalue weighted by molar-refractivity contribution is 14.0. The molecule has 2 aliphatic rings. The quantitative estimate of drug-likeness (QED) is 0.395. The van der Waals surface area contributed by atoms with E-state index in [4.69, 9.17) is 9.47 Å². The molecule has 0 aromatic carbocycles. The molecule has 0 amide bonds. The van der Waals surface area contributed by atoms with Gasteiger partial charge in [0.25, 0.3) is 0 Å². The number of rotatable bonds is 3. The summed E-state index contributed by atoms with van der Waals surface area (Å²) >= 11 is 0. The third-order valence-electron chi connectivity index (χ3n) is 4.50. The van der Waals surface area contributed by atoms with Gasteiger partial charge in [0.15, 0.2) is 5.96 Å². The molecule has 1 aromatic heterocycles. The summed E-state index contributed by atoms with van der Waals surface area (Å²) in [5.41, 5.74) is 1.11. The summed E-state index contributed by atoms with van der Waals surface area (Å²) < 4.78 is 13.5. The van der Waals surface area contributed by atoms with E-state index in [9.17, 15) is 0 Å². The topological polar surface area (TPSA) is 67.2 Å². The van der Waals surface area contributed by atoms with Gasteiger partial charge in [-0.3, -0.25) is 9.67 Å². The summed E-state index contributed by atoms with van der Waals surface area (Å²) in [6, 6.07) is 0. The molecule has 9 heteroatoms. The zero-order valence-electron chi connectivity index (χ0n) is 15.2. The van der Waals surface area contributed by atoms with Crippen molar-refractivity contribution in [1.29, 1.82) is 0 Å². The number of guanidine groups is 1. The molecular formula is C16H29IN6O2. The van der Waals surface area contributed by atoms with E-state index in [1.54, 1.807) is 0 Å². The molecule has 0 aliphatic carbocycles. The molecule has 8 nitrogen and oxygen atoms in total. The van der Waals surface area contributed by atoms with Gasteiger partial charge in [0.05, 0.1) is 32.1 Å². The fraction of sp³-hybridized carbons (Fsp3) is 0.750. The van der Waals surface area contributed by atoms with Crippen LogP contribution in [0.3, 0.4) is 0 Å². The first kappa shape index (κ1) is 20.4. The third kappa shape index (κ3) is 5.53. The molecule has 3 heterocycles. The molecule has 2 aliphatic heterocycles. The SMILES string of the molecule is CN=C(NCC1CN(C)CCO1)N1CCOC(c2cnn(C)c2)C1.I. The minimum atomic E-state index is 0. The van der Waals surface area contributed by atoms with E-state index in [0.717, 1.165) is 50.9 Å². The second-order valence-corrected chi connectivity index (χ2v) is 6.44. The number of likely N-dealkylation sites (N-methyl/N-ethyl adjacent to an activating group) is 1. The molecule has 2 atom stereocenters. The smallest absolute Gasteiger partial charge is 0.193 e. The van der Waals surface area contributed by atoms with Gasteiger partial charge in [0.2, 0.25) is 0 Å². The lowest BCUT2D eigenvalue weighted by Gasteiger charge is -2.36. The van der Waals surface area contributed by atoms with Gasteiger partial charge in [0, 0.05) is 52.0 Å². The Labute approximate surface area is 166 Å². The van der Waals surface area contributed by atoms with Crippen molar-refractivity contribution < 1.29 is 9.47 Å². The Morgan fingerprint density at radius 2 is 2.08 bits per heavy atom. The van der Waals surface area contributed by atoms with Crippen molar-refractivity contribution in [1.82, 2.24) is 24.9 Å². The number of ether oxygens (including phenoxy) is 2. The van der Waals surface area contributed by atoms with Crippen molar-refractivity contribution in [3.63, 3.8) is 0 Å². The van der Waals surface area contributed by atoms with Crippen LogP contribution >= 0.6 is 24.0 Å². The maximum atomic E-state index is 5.90. The first-order valence-corrected chi connectivity index (χ1v) is 8.51. The fourth-order valence-electron chi connectivity index (χ4n) is 3.18. The second-order valence-electron chi connectivity index (χ2n) is 6.44. The molecule has 3 rings (SSSR count). The predicted octanol–water partition coefficient (Wildman–Crippen LogP) is 0.317. The summed E-state index contributed by atoms with van der Waals surface area (Å²) in [4.78, 5) is 8.98. The van der Waals surface area contributed by atoms with Crippen LogP contribution in [0.2, 0.25) is 0 Å². The molecule has 1 N–H and O–H groups in total. The first-order valence-electron chi connectivity index (χ1n) is 8.51. The van der Waals surface area contributed by atoms with Crippen LogP contribution in [0, 0.1) is 0 Å². The monoisotopic (exact) mass is 464 g/mol. The number of nitrogens with zero attached hydrogens (tertiary/aromatic N) is 5. The van der Waals surface area contributed by atoms with Crippen molar-refractivity contribution in [3.05, 3.63) is 18.0 Å². The highest BCUT2D eigenvalue weighted by Gasteiger charge is 2.26. The summed E-state index contributed by atoms with van der Waals surface area (Å²) in [5, 5.41) is 7.69. The molecule has 0 saturated carbocycles. The Kier molecular flexibility index (Phi) is 7.91. The molecule has 2 fully saturated rings. The minimum absolute atomic E-state index is 0. The summed E-state index contributed by atoms with van der Waals surface area (Å²) in [7, 11) is 5.88. The van der Waals surface area contributed by atoms with Crippen molar-refractivity contribution in [2.45, 2.75) is 12.2 Å².